The van der Waals surface area contributed by atoms with Gasteiger partial charge >= 0.3 is 5.97 Å². The number of carboxylic acids is 1. The zero-order valence-electron chi connectivity index (χ0n) is 9.52. The Morgan fingerprint density at radius 1 is 1.33 bits per heavy atom. The Kier molecular flexibility index (Phi) is 3.54. The van der Waals surface area contributed by atoms with E-state index in [4.69, 9.17) is 15.1 Å². The van der Waals surface area contributed by atoms with Crippen molar-refractivity contribution in [2.45, 2.75) is 6.10 Å². The molecule has 0 aromatic heterocycles. The Morgan fingerprint density at radius 3 is 2.56 bits per heavy atom. The van der Waals surface area contributed by atoms with E-state index in [9.17, 15) is 13.2 Å². The Morgan fingerprint density at radius 2 is 2.00 bits per heavy atom. The molecule has 2 rings (SSSR count). The van der Waals surface area contributed by atoms with Crippen LogP contribution in [0.15, 0.2) is 0 Å². The van der Waals surface area contributed by atoms with Crippen molar-refractivity contribution in [2.75, 3.05) is 32.8 Å². The van der Waals surface area contributed by atoms with Gasteiger partial charge in [0.2, 0.25) is 0 Å². The molecule has 9 heteroatoms. The number of aliphatic carboxylic acids is 1. The molecule has 0 aromatic rings. The van der Waals surface area contributed by atoms with Crippen molar-refractivity contribution in [2.24, 2.45) is 5.92 Å². The number of ether oxygens (including phenoxy) is 1. The second kappa shape index (κ2) is 4.81. The molecule has 100 valence electrons. The van der Waals surface area contributed by atoms with Crippen LogP contribution in [-0.2, 0) is 19.7 Å². The summed E-state index contributed by atoms with van der Waals surface area (Å²) in [6, 6.07) is 1.99. The summed E-state index contributed by atoms with van der Waals surface area (Å²) in [5.41, 5.74) is 0. The molecule has 0 aromatic carbocycles. The quantitative estimate of drug-likeness (QED) is 0.669. The van der Waals surface area contributed by atoms with Crippen LogP contribution in [0.4, 0.5) is 0 Å². The first-order valence-corrected chi connectivity index (χ1v) is 6.84. The highest BCUT2D eigenvalue weighted by atomic mass is 32.2. The molecule has 1 atom stereocenters. The molecule has 0 aliphatic carbocycles. The minimum atomic E-state index is -3.66. The van der Waals surface area contributed by atoms with Crippen LogP contribution in [0.25, 0.3) is 0 Å². The highest BCUT2D eigenvalue weighted by Gasteiger charge is 2.42. The van der Waals surface area contributed by atoms with Crippen molar-refractivity contribution in [3.05, 3.63) is 0 Å². The van der Waals surface area contributed by atoms with E-state index in [1.54, 1.807) is 0 Å². The molecule has 0 bridgehead atoms. The third-order valence-electron chi connectivity index (χ3n) is 2.99. The van der Waals surface area contributed by atoms with E-state index in [0.29, 0.717) is 0 Å². The highest BCUT2D eigenvalue weighted by Crippen LogP contribution is 2.22. The molecule has 8 nitrogen and oxygen atoms in total. The molecule has 1 unspecified atom stereocenters. The Balaban J connectivity index is 2.02. The van der Waals surface area contributed by atoms with E-state index in [1.807, 2.05) is 6.07 Å². The van der Waals surface area contributed by atoms with Crippen LogP contribution in [0.2, 0.25) is 0 Å². The minimum Gasteiger partial charge on any atom is -0.479 e. The van der Waals surface area contributed by atoms with Gasteiger partial charge in [0.25, 0.3) is 10.2 Å². The van der Waals surface area contributed by atoms with Gasteiger partial charge in [0.1, 0.15) is 0 Å². The maximum absolute atomic E-state index is 12.1. The number of carboxylic acid groups (broad SMARTS) is 1. The van der Waals surface area contributed by atoms with Crippen molar-refractivity contribution < 1.29 is 23.1 Å². The first kappa shape index (κ1) is 13.2. The number of nitrogens with zero attached hydrogens (tertiary/aromatic N) is 3. The maximum atomic E-state index is 12.1. The number of nitriles is 1. The summed E-state index contributed by atoms with van der Waals surface area (Å²) in [7, 11) is -3.66. The Labute approximate surface area is 105 Å². The molecule has 2 aliphatic heterocycles. The van der Waals surface area contributed by atoms with Gasteiger partial charge in [0.15, 0.2) is 6.10 Å². The summed E-state index contributed by atoms with van der Waals surface area (Å²) < 4.78 is 31.4. The predicted octanol–water partition coefficient (Wildman–Crippen LogP) is -1.53. The third-order valence-corrected chi connectivity index (χ3v) is 4.92. The Bertz CT molecular complexity index is 479. The monoisotopic (exact) mass is 275 g/mol. The van der Waals surface area contributed by atoms with E-state index >= 15 is 0 Å². The Hall–Kier alpha value is -1.21. The van der Waals surface area contributed by atoms with Crippen LogP contribution in [0.1, 0.15) is 0 Å². The van der Waals surface area contributed by atoms with Crippen LogP contribution in [0.5, 0.6) is 0 Å². The molecule has 0 radical (unpaired) electrons. The van der Waals surface area contributed by atoms with E-state index in [2.05, 4.69) is 0 Å². The van der Waals surface area contributed by atoms with Crippen LogP contribution < -0.4 is 0 Å². The fraction of sp³-hybridized carbons (Fsp3) is 0.778. The van der Waals surface area contributed by atoms with E-state index in [1.165, 1.54) is 4.31 Å². The average molecular weight is 275 g/mol. The molecule has 18 heavy (non-hydrogen) atoms. The molecular weight excluding hydrogens is 262 g/mol. The fourth-order valence-electron chi connectivity index (χ4n) is 1.86. The predicted molar refractivity (Wildman–Crippen MR) is 58.5 cm³/mol. The van der Waals surface area contributed by atoms with Gasteiger partial charge in [-0.25, -0.2) is 4.79 Å². The first-order chi connectivity index (χ1) is 8.45. The van der Waals surface area contributed by atoms with E-state index in [0.717, 1.165) is 4.31 Å². The van der Waals surface area contributed by atoms with Gasteiger partial charge in [-0.15, -0.1) is 0 Å². The van der Waals surface area contributed by atoms with Gasteiger partial charge in [-0.3, -0.25) is 0 Å². The zero-order chi connectivity index (χ0) is 13.3. The third kappa shape index (κ3) is 2.32. The van der Waals surface area contributed by atoms with Gasteiger partial charge in [-0.1, -0.05) is 0 Å². The van der Waals surface area contributed by atoms with Crippen LogP contribution in [0.3, 0.4) is 0 Å². The second-order valence-electron chi connectivity index (χ2n) is 4.21. The number of hydrogen-bond acceptors (Lipinski definition) is 5. The van der Waals surface area contributed by atoms with Crippen LogP contribution in [-0.4, -0.2) is 67.0 Å². The van der Waals surface area contributed by atoms with Gasteiger partial charge in [-0.2, -0.15) is 22.3 Å². The van der Waals surface area contributed by atoms with Crippen molar-refractivity contribution in [3.63, 3.8) is 0 Å². The van der Waals surface area contributed by atoms with E-state index in [-0.39, 0.29) is 38.7 Å². The molecule has 0 saturated carbocycles. The normalized spacial score (nSPS) is 27.4. The smallest absolute Gasteiger partial charge is 0.334 e. The zero-order valence-corrected chi connectivity index (χ0v) is 10.3. The second-order valence-corrected chi connectivity index (χ2v) is 6.13. The summed E-state index contributed by atoms with van der Waals surface area (Å²) in [5.74, 6) is -1.44. The van der Waals surface area contributed by atoms with Gasteiger partial charge < -0.3 is 9.84 Å². The van der Waals surface area contributed by atoms with Crippen LogP contribution in [0, 0.1) is 17.2 Å². The molecule has 2 heterocycles. The number of hydrogen-bond donors (Lipinski definition) is 1. The molecule has 0 spiro atoms. The standard InChI is InChI=1S/C9H13N3O5S/c10-3-7-4-12(5-7)18(15,16)11-1-2-17-8(6-11)9(13)14/h7-8H,1-2,4-6H2,(H,13,14). The van der Waals surface area contributed by atoms with Crippen LogP contribution >= 0.6 is 0 Å². The fourth-order valence-corrected chi connectivity index (χ4v) is 3.55. The van der Waals surface area contributed by atoms with Crippen molar-refractivity contribution in [1.82, 2.24) is 8.61 Å². The lowest BCUT2D eigenvalue weighted by molar-refractivity contribution is -0.153. The van der Waals surface area contributed by atoms with Crippen molar-refractivity contribution in [1.29, 1.82) is 5.26 Å². The topological polar surface area (TPSA) is 111 Å². The lowest BCUT2D eigenvalue weighted by atomic mass is 10.1. The maximum Gasteiger partial charge on any atom is 0.334 e. The summed E-state index contributed by atoms with van der Waals surface area (Å²) in [5, 5.41) is 17.4. The minimum absolute atomic E-state index is 0.0612. The summed E-state index contributed by atoms with van der Waals surface area (Å²) in [6.07, 6.45) is -1.12. The van der Waals surface area contributed by atoms with Gasteiger partial charge in [0, 0.05) is 19.6 Å². The SMILES string of the molecule is N#CC1CN(S(=O)(=O)N2CCOC(C(=O)O)C2)C1. The number of carbonyl (C=O) groups is 1. The molecule has 2 fully saturated rings. The lowest BCUT2D eigenvalue weighted by Gasteiger charge is -2.39. The number of rotatable bonds is 3. The highest BCUT2D eigenvalue weighted by molar-refractivity contribution is 7.86. The molecule has 1 N–H and O–H groups in total. The molecular formula is C9H13N3O5S. The van der Waals surface area contributed by atoms with E-state index < -0.39 is 22.3 Å². The largest absolute Gasteiger partial charge is 0.479 e. The molecule has 2 saturated heterocycles. The summed E-state index contributed by atoms with van der Waals surface area (Å²) >= 11 is 0. The number of morpholine rings is 1. The van der Waals surface area contributed by atoms with Crippen molar-refractivity contribution in [3.8, 4) is 6.07 Å². The first-order valence-electron chi connectivity index (χ1n) is 5.44. The average Bonchev–Trinajstić information content (AvgIpc) is 2.27. The summed E-state index contributed by atoms with van der Waals surface area (Å²) in [4.78, 5) is 10.8. The van der Waals surface area contributed by atoms with Crippen molar-refractivity contribution >= 4 is 16.2 Å². The van der Waals surface area contributed by atoms with Gasteiger partial charge in [0.05, 0.1) is 25.1 Å². The molecule has 0 amide bonds. The summed E-state index contributed by atoms with van der Waals surface area (Å²) in [6.45, 7) is 0.360. The van der Waals surface area contributed by atoms with Gasteiger partial charge in [-0.05, 0) is 0 Å². The molecule has 2 aliphatic rings. The lowest BCUT2D eigenvalue weighted by Crippen LogP contribution is -2.58.